The molecule has 0 spiro atoms. The third-order valence-electron chi connectivity index (χ3n) is 1.88. The first kappa shape index (κ1) is 12.0. The van der Waals surface area contributed by atoms with Gasteiger partial charge in [-0.15, -0.1) is 0 Å². The molecule has 86 valence electrons. The zero-order chi connectivity index (χ0) is 12.1. The molecule has 0 aliphatic heterocycles. The molecule has 4 nitrogen and oxygen atoms in total. The van der Waals surface area contributed by atoms with Crippen LogP contribution in [0.5, 0.6) is 11.5 Å². The van der Waals surface area contributed by atoms with Crippen LogP contribution in [0, 0.1) is 5.82 Å². The SMILES string of the molecule is COc1cc(F)cc(C=CC(=O)O)c1OC. The molecule has 0 bridgehead atoms. The summed E-state index contributed by atoms with van der Waals surface area (Å²) in [7, 11) is 2.77. The van der Waals surface area contributed by atoms with Gasteiger partial charge in [0.15, 0.2) is 11.5 Å². The van der Waals surface area contributed by atoms with E-state index in [1.54, 1.807) is 0 Å². The molecule has 0 aliphatic rings. The van der Waals surface area contributed by atoms with Crippen molar-refractivity contribution in [2.45, 2.75) is 0 Å². The number of methoxy groups -OCH3 is 2. The summed E-state index contributed by atoms with van der Waals surface area (Å²) in [5, 5.41) is 8.48. The third kappa shape index (κ3) is 2.73. The lowest BCUT2D eigenvalue weighted by atomic mass is 10.1. The van der Waals surface area contributed by atoms with E-state index in [0.29, 0.717) is 11.3 Å². The van der Waals surface area contributed by atoms with Crippen molar-refractivity contribution in [3.63, 3.8) is 0 Å². The summed E-state index contributed by atoms with van der Waals surface area (Å²) in [5.41, 5.74) is 0.307. The minimum Gasteiger partial charge on any atom is -0.493 e. The number of ether oxygens (including phenoxy) is 2. The molecule has 0 fully saturated rings. The van der Waals surface area contributed by atoms with Crippen LogP contribution in [-0.4, -0.2) is 25.3 Å². The molecule has 5 heteroatoms. The quantitative estimate of drug-likeness (QED) is 0.797. The summed E-state index contributed by atoms with van der Waals surface area (Å²) in [5.74, 6) is -1.14. The fourth-order valence-corrected chi connectivity index (χ4v) is 1.24. The van der Waals surface area contributed by atoms with Gasteiger partial charge in [0.25, 0.3) is 0 Å². The van der Waals surface area contributed by atoms with Crippen molar-refractivity contribution in [1.29, 1.82) is 0 Å². The molecule has 0 aromatic heterocycles. The normalized spacial score (nSPS) is 10.4. The second-order valence-corrected chi connectivity index (χ2v) is 2.90. The highest BCUT2D eigenvalue weighted by molar-refractivity contribution is 5.86. The van der Waals surface area contributed by atoms with E-state index in [2.05, 4.69) is 0 Å². The highest BCUT2D eigenvalue weighted by atomic mass is 19.1. The van der Waals surface area contributed by atoms with Crippen molar-refractivity contribution in [2.75, 3.05) is 14.2 Å². The Morgan fingerprint density at radius 2 is 2.06 bits per heavy atom. The van der Waals surface area contributed by atoms with Crippen LogP contribution in [0.1, 0.15) is 5.56 Å². The molecular formula is C11H11FO4. The summed E-state index contributed by atoms with van der Waals surface area (Å²) >= 11 is 0. The smallest absolute Gasteiger partial charge is 0.328 e. The van der Waals surface area contributed by atoms with Crippen molar-refractivity contribution in [3.8, 4) is 11.5 Å². The fourth-order valence-electron chi connectivity index (χ4n) is 1.24. The maximum Gasteiger partial charge on any atom is 0.328 e. The Hall–Kier alpha value is -2.04. The average Bonchev–Trinajstić information content (AvgIpc) is 2.25. The molecule has 1 N–H and O–H groups in total. The molecule has 0 saturated carbocycles. The Labute approximate surface area is 91.9 Å². The Kier molecular flexibility index (Phi) is 3.88. The molecular weight excluding hydrogens is 215 g/mol. The maximum absolute atomic E-state index is 13.1. The maximum atomic E-state index is 13.1. The molecule has 0 atom stereocenters. The predicted molar refractivity (Wildman–Crippen MR) is 56.2 cm³/mol. The van der Waals surface area contributed by atoms with E-state index in [0.717, 1.165) is 12.1 Å². The van der Waals surface area contributed by atoms with Gasteiger partial charge in [-0.05, 0) is 12.1 Å². The molecule has 1 aromatic rings. The summed E-state index contributed by atoms with van der Waals surface area (Å²) in [4.78, 5) is 10.4. The van der Waals surface area contributed by atoms with Crippen LogP contribution in [0.15, 0.2) is 18.2 Å². The number of rotatable bonds is 4. The molecule has 0 unspecified atom stereocenters. The van der Waals surface area contributed by atoms with Crippen LogP contribution >= 0.6 is 0 Å². The van der Waals surface area contributed by atoms with E-state index < -0.39 is 11.8 Å². The van der Waals surface area contributed by atoms with Gasteiger partial charge in [-0.25, -0.2) is 9.18 Å². The van der Waals surface area contributed by atoms with Crippen LogP contribution in [-0.2, 0) is 4.79 Å². The van der Waals surface area contributed by atoms with Gasteiger partial charge in [0.05, 0.1) is 14.2 Å². The van der Waals surface area contributed by atoms with Crippen molar-refractivity contribution in [2.24, 2.45) is 0 Å². The summed E-state index contributed by atoms with van der Waals surface area (Å²) in [6.07, 6.45) is 2.14. The fraction of sp³-hybridized carbons (Fsp3) is 0.182. The first-order chi connectivity index (χ1) is 7.58. The number of aliphatic carboxylic acids is 1. The van der Waals surface area contributed by atoms with E-state index in [9.17, 15) is 9.18 Å². The lowest BCUT2D eigenvalue weighted by Crippen LogP contribution is -1.95. The summed E-state index contributed by atoms with van der Waals surface area (Å²) < 4.78 is 23.1. The number of hydrogen-bond donors (Lipinski definition) is 1. The van der Waals surface area contributed by atoms with E-state index in [1.165, 1.54) is 26.4 Å². The lowest BCUT2D eigenvalue weighted by molar-refractivity contribution is -0.131. The van der Waals surface area contributed by atoms with Crippen LogP contribution in [0.3, 0.4) is 0 Å². The molecule has 0 saturated heterocycles. The molecule has 16 heavy (non-hydrogen) atoms. The van der Waals surface area contributed by atoms with Crippen LogP contribution in [0.4, 0.5) is 4.39 Å². The molecule has 0 aliphatic carbocycles. The predicted octanol–water partition coefficient (Wildman–Crippen LogP) is 1.94. The van der Waals surface area contributed by atoms with Crippen LogP contribution < -0.4 is 9.47 Å². The summed E-state index contributed by atoms with van der Waals surface area (Å²) in [6.45, 7) is 0. The second kappa shape index (κ2) is 5.16. The highest BCUT2D eigenvalue weighted by Gasteiger charge is 2.10. The minimum atomic E-state index is -1.12. The standard InChI is InChI=1S/C11H11FO4/c1-15-9-6-8(12)5-7(11(9)16-2)3-4-10(13)14/h3-6H,1-2H3,(H,13,14). The van der Waals surface area contributed by atoms with Crippen LogP contribution in [0.2, 0.25) is 0 Å². The molecule has 1 aromatic carbocycles. The summed E-state index contributed by atoms with van der Waals surface area (Å²) in [6, 6.07) is 2.33. The van der Waals surface area contributed by atoms with Gasteiger partial charge in [0.2, 0.25) is 0 Å². The van der Waals surface area contributed by atoms with Crippen molar-refractivity contribution < 1.29 is 23.8 Å². The zero-order valence-corrected chi connectivity index (χ0v) is 8.86. The number of halogens is 1. The molecule has 0 radical (unpaired) electrons. The Balaban J connectivity index is 3.25. The molecule has 0 heterocycles. The second-order valence-electron chi connectivity index (χ2n) is 2.90. The monoisotopic (exact) mass is 226 g/mol. The van der Waals surface area contributed by atoms with Gasteiger partial charge in [-0.2, -0.15) is 0 Å². The highest BCUT2D eigenvalue weighted by Crippen LogP contribution is 2.32. The Bertz CT molecular complexity index is 426. The van der Waals surface area contributed by atoms with Crippen LogP contribution in [0.25, 0.3) is 6.08 Å². The number of carboxylic acids is 1. The molecule has 1 rings (SSSR count). The van der Waals surface area contributed by atoms with E-state index >= 15 is 0 Å². The lowest BCUT2D eigenvalue weighted by Gasteiger charge is -2.10. The topological polar surface area (TPSA) is 55.8 Å². The minimum absolute atomic E-state index is 0.215. The van der Waals surface area contributed by atoms with Gasteiger partial charge >= 0.3 is 5.97 Å². The Morgan fingerprint density at radius 3 is 2.56 bits per heavy atom. The molecule has 0 amide bonds. The third-order valence-corrected chi connectivity index (χ3v) is 1.88. The number of carbonyl (C=O) groups is 1. The first-order valence-electron chi connectivity index (χ1n) is 4.41. The van der Waals surface area contributed by atoms with Crippen molar-refractivity contribution in [3.05, 3.63) is 29.6 Å². The van der Waals surface area contributed by atoms with Gasteiger partial charge < -0.3 is 14.6 Å². The van der Waals surface area contributed by atoms with E-state index in [1.807, 2.05) is 0 Å². The van der Waals surface area contributed by atoms with Gasteiger partial charge in [0, 0.05) is 17.7 Å². The van der Waals surface area contributed by atoms with Gasteiger partial charge in [-0.3, -0.25) is 0 Å². The van der Waals surface area contributed by atoms with Gasteiger partial charge in [0.1, 0.15) is 5.82 Å². The number of benzene rings is 1. The zero-order valence-electron chi connectivity index (χ0n) is 8.86. The van der Waals surface area contributed by atoms with Gasteiger partial charge in [-0.1, -0.05) is 0 Å². The van der Waals surface area contributed by atoms with Crippen molar-refractivity contribution >= 4 is 12.0 Å². The Morgan fingerprint density at radius 1 is 1.38 bits per heavy atom. The average molecular weight is 226 g/mol. The van der Waals surface area contributed by atoms with Crippen molar-refractivity contribution in [1.82, 2.24) is 0 Å². The number of hydrogen-bond acceptors (Lipinski definition) is 3. The van der Waals surface area contributed by atoms with E-state index in [4.69, 9.17) is 14.6 Å². The van der Waals surface area contributed by atoms with E-state index in [-0.39, 0.29) is 5.75 Å². The largest absolute Gasteiger partial charge is 0.493 e. The number of carboxylic acid groups (broad SMARTS) is 1. The first-order valence-corrected chi connectivity index (χ1v) is 4.41.